The number of carbonyl (C=O) groups is 1. The van der Waals surface area contributed by atoms with Crippen LogP contribution >= 0.6 is 27.7 Å². The Morgan fingerprint density at radius 3 is 2.70 bits per heavy atom. The molecule has 2 heterocycles. The van der Waals surface area contributed by atoms with Crippen molar-refractivity contribution in [2.45, 2.75) is 25.6 Å². The van der Waals surface area contributed by atoms with E-state index in [4.69, 9.17) is 9.15 Å². The molecule has 8 heteroatoms. The molecule has 0 aliphatic heterocycles. The minimum Gasteiger partial charge on any atom is -0.411 e. The Morgan fingerprint density at radius 2 is 2.00 bits per heavy atom. The van der Waals surface area contributed by atoms with Crippen LogP contribution in [0.15, 0.2) is 44.4 Å². The van der Waals surface area contributed by atoms with E-state index in [1.54, 1.807) is 7.11 Å². The largest absolute Gasteiger partial charge is 0.411 e. The van der Waals surface area contributed by atoms with Gasteiger partial charge in [-0.15, -0.1) is 10.2 Å². The predicted octanol–water partition coefficient (Wildman–Crippen LogP) is 4.54. The van der Waals surface area contributed by atoms with Gasteiger partial charge in [0.2, 0.25) is 5.89 Å². The number of hydrogen-bond donors (Lipinski definition) is 0. The highest BCUT2D eigenvalue weighted by atomic mass is 79.9. The maximum Gasteiger partial charge on any atom is 0.277 e. The van der Waals surface area contributed by atoms with Gasteiger partial charge in [-0.1, -0.05) is 27.7 Å². The zero-order valence-corrected chi connectivity index (χ0v) is 17.8. The first-order valence-corrected chi connectivity index (χ1v) is 10.2. The SMILES string of the molecule is COCCn1c(C)cc(C(=O)CSc2nnc(-c3ccc(Br)cc3)o2)c1C. The Kier molecular flexibility index (Phi) is 6.51. The van der Waals surface area contributed by atoms with Crippen LogP contribution in [0.1, 0.15) is 21.7 Å². The molecule has 0 fully saturated rings. The van der Waals surface area contributed by atoms with Crippen LogP contribution in [0.4, 0.5) is 0 Å². The topological polar surface area (TPSA) is 70.2 Å². The van der Waals surface area contributed by atoms with Crippen molar-refractivity contribution in [3.05, 3.63) is 51.8 Å². The number of Topliss-reactive ketones (excluding diaryl/α,β-unsaturated/α-hetero) is 1. The second kappa shape index (κ2) is 8.86. The number of halogens is 1. The molecule has 0 aliphatic carbocycles. The average Bonchev–Trinajstić information content (AvgIpc) is 3.24. The molecular formula is C19H20BrN3O3S. The molecule has 0 bridgehead atoms. The Balaban J connectivity index is 1.65. The van der Waals surface area contributed by atoms with Crippen LogP contribution in [0, 0.1) is 13.8 Å². The second-order valence-corrected chi connectivity index (χ2v) is 7.86. The van der Waals surface area contributed by atoms with E-state index in [1.165, 1.54) is 11.8 Å². The van der Waals surface area contributed by atoms with Crippen molar-refractivity contribution < 1.29 is 13.9 Å². The first-order chi connectivity index (χ1) is 13.0. The first-order valence-electron chi connectivity index (χ1n) is 8.40. The third-order valence-electron chi connectivity index (χ3n) is 4.22. The van der Waals surface area contributed by atoms with Gasteiger partial charge in [0, 0.05) is 40.6 Å². The first kappa shape index (κ1) is 19.9. The second-order valence-electron chi connectivity index (χ2n) is 6.02. The number of nitrogens with zero attached hydrogens (tertiary/aromatic N) is 3. The summed E-state index contributed by atoms with van der Waals surface area (Å²) in [7, 11) is 1.67. The van der Waals surface area contributed by atoms with E-state index in [1.807, 2.05) is 44.2 Å². The molecule has 142 valence electrons. The summed E-state index contributed by atoms with van der Waals surface area (Å²) in [5.41, 5.74) is 3.57. The minimum absolute atomic E-state index is 0.0418. The van der Waals surface area contributed by atoms with Crippen LogP contribution in [0.3, 0.4) is 0 Å². The lowest BCUT2D eigenvalue weighted by molar-refractivity contribution is 0.102. The van der Waals surface area contributed by atoms with Gasteiger partial charge < -0.3 is 13.7 Å². The fraction of sp³-hybridized carbons (Fsp3) is 0.316. The van der Waals surface area contributed by atoms with Crippen molar-refractivity contribution in [2.75, 3.05) is 19.5 Å². The Morgan fingerprint density at radius 1 is 1.26 bits per heavy atom. The molecule has 0 saturated carbocycles. The van der Waals surface area contributed by atoms with Crippen LogP contribution < -0.4 is 0 Å². The molecule has 27 heavy (non-hydrogen) atoms. The van der Waals surface area contributed by atoms with Gasteiger partial charge in [0.1, 0.15) is 0 Å². The van der Waals surface area contributed by atoms with Crippen molar-refractivity contribution in [3.8, 4) is 11.5 Å². The molecule has 1 aromatic carbocycles. The third kappa shape index (κ3) is 4.69. The zero-order valence-electron chi connectivity index (χ0n) is 15.4. The van der Waals surface area contributed by atoms with E-state index in [9.17, 15) is 4.79 Å². The predicted molar refractivity (Wildman–Crippen MR) is 108 cm³/mol. The molecule has 2 aromatic heterocycles. The summed E-state index contributed by atoms with van der Waals surface area (Å²) in [5, 5.41) is 8.46. The van der Waals surface area contributed by atoms with E-state index in [0.29, 0.717) is 17.7 Å². The lowest BCUT2D eigenvalue weighted by Crippen LogP contribution is -2.09. The average molecular weight is 450 g/mol. The van der Waals surface area contributed by atoms with E-state index in [-0.39, 0.29) is 11.5 Å². The number of methoxy groups -OCH3 is 1. The Hall–Kier alpha value is -1.90. The number of ketones is 1. The molecule has 0 radical (unpaired) electrons. The van der Waals surface area contributed by atoms with Gasteiger partial charge in [-0.05, 0) is 44.2 Å². The highest BCUT2D eigenvalue weighted by molar-refractivity contribution is 9.10. The van der Waals surface area contributed by atoms with Gasteiger partial charge in [-0.2, -0.15) is 0 Å². The molecule has 0 unspecified atom stereocenters. The van der Waals surface area contributed by atoms with Gasteiger partial charge in [-0.25, -0.2) is 0 Å². The number of aryl methyl sites for hydroxylation is 1. The number of hydrogen-bond acceptors (Lipinski definition) is 6. The molecule has 0 aliphatic rings. The zero-order chi connectivity index (χ0) is 19.4. The lowest BCUT2D eigenvalue weighted by Gasteiger charge is -2.08. The Bertz CT molecular complexity index is 934. The van der Waals surface area contributed by atoms with Crippen molar-refractivity contribution in [1.82, 2.24) is 14.8 Å². The third-order valence-corrected chi connectivity index (χ3v) is 5.56. The summed E-state index contributed by atoms with van der Waals surface area (Å²) in [6.45, 7) is 5.29. The smallest absolute Gasteiger partial charge is 0.277 e. The highest BCUT2D eigenvalue weighted by Gasteiger charge is 2.17. The van der Waals surface area contributed by atoms with Crippen LogP contribution in [0.25, 0.3) is 11.5 Å². The number of carbonyl (C=O) groups excluding carboxylic acids is 1. The number of aromatic nitrogens is 3. The molecular weight excluding hydrogens is 430 g/mol. The standard InChI is InChI=1S/C19H20BrN3O3S/c1-12-10-16(13(2)23(12)8-9-25-3)17(24)11-27-19-22-21-18(26-19)14-4-6-15(20)7-5-14/h4-7,10H,8-9,11H2,1-3H3. The van der Waals surface area contributed by atoms with Gasteiger partial charge in [-0.3, -0.25) is 4.79 Å². The Labute approximate surface area is 170 Å². The molecule has 0 N–H and O–H groups in total. The maximum absolute atomic E-state index is 12.6. The molecule has 3 aromatic rings. The van der Waals surface area contributed by atoms with Crippen LogP contribution in [-0.2, 0) is 11.3 Å². The van der Waals surface area contributed by atoms with Crippen molar-refractivity contribution >= 4 is 33.5 Å². The monoisotopic (exact) mass is 449 g/mol. The van der Waals surface area contributed by atoms with Crippen molar-refractivity contribution in [2.24, 2.45) is 0 Å². The molecule has 0 atom stereocenters. The van der Waals surface area contributed by atoms with Gasteiger partial charge in [0.05, 0.1) is 12.4 Å². The van der Waals surface area contributed by atoms with Gasteiger partial charge in [0.15, 0.2) is 5.78 Å². The summed E-state index contributed by atoms with van der Waals surface area (Å²) in [6.07, 6.45) is 0. The van der Waals surface area contributed by atoms with Crippen LogP contribution in [0.5, 0.6) is 0 Å². The summed E-state index contributed by atoms with van der Waals surface area (Å²) < 4.78 is 13.9. The lowest BCUT2D eigenvalue weighted by atomic mass is 10.2. The summed E-state index contributed by atoms with van der Waals surface area (Å²) >= 11 is 4.65. The van der Waals surface area contributed by atoms with E-state index < -0.39 is 0 Å². The summed E-state index contributed by atoms with van der Waals surface area (Å²) in [5.74, 6) is 0.728. The molecule has 0 spiro atoms. The van der Waals surface area contributed by atoms with Crippen LogP contribution in [0.2, 0.25) is 0 Å². The van der Waals surface area contributed by atoms with Gasteiger partial charge >= 0.3 is 0 Å². The van der Waals surface area contributed by atoms with Crippen LogP contribution in [-0.4, -0.2) is 40.0 Å². The summed E-state index contributed by atoms with van der Waals surface area (Å²) in [6, 6.07) is 9.54. The van der Waals surface area contributed by atoms with E-state index in [2.05, 4.69) is 30.7 Å². The fourth-order valence-electron chi connectivity index (χ4n) is 2.79. The molecule has 3 rings (SSSR count). The number of rotatable bonds is 8. The van der Waals surface area contributed by atoms with Gasteiger partial charge in [0.25, 0.3) is 5.22 Å². The summed E-state index contributed by atoms with van der Waals surface area (Å²) in [4.78, 5) is 12.6. The number of thioether (sulfide) groups is 1. The normalized spacial score (nSPS) is 11.1. The van der Waals surface area contributed by atoms with E-state index in [0.717, 1.165) is 33.5 Å². The fourth-order valence-corrected chi connectivity index (χ4v) is 3.70. The molecule has 6 nitrogen and oxygen atoms in total. The molecule has 0 saturated heterocycles. The van der Waals surface area contributed by atoms with Crippen molar-refractivity contribution in [1.29, 1.82) is 0 Å². The molecule has 0 amide bonds. The maximum atomic E-state index is 12.6. The number of ether oxygens (including phenoxy) is 1. The highest BCUT2D eigenvalue weighted by Crippen LogP contribution is 2.25. The quantitative estimate of drug-likeness (QED) is 0.371. The number of benzene rings is 1. The van der Waals surface area contributed by atoms with Crippen molar-refractivity contribution in [3.63, 3.8) is 0 Å². The van der Waals surface area contributed by atoms with E-state index >= 15 is 0 Å². The minimum atomic E-state index is 0.0418.